The number of carbonyl (C=O) groups is 2. The van der Waals surface area contributed by atoms with Crippen LogP contribution in [-0.4, -0.2) is 37.7 Å². The lowest BCUT2D eigenvalue weighted by molar-refractivity contribution is -0.143. The van der Waals surface area contributed by atoms with Gasteiger partial charge >= 0.3 is 5.97 Å². The van der Waals surface area contributed by atoms with Gasteiger partial charge in [-0.1, -0.05) is 37.3 Å². The molecule has 0 aliphatic carbocycles. The Morgan fingerprint density at radius 1 is 1.07 bits per heavy atom. The first-order valence-electron chi connectivity index (χ1n) is 8.69. The lowest BCUT2D eigenvalue weighted by atomic mass is 9.78. The summed E-state index contributed by atoms with van der Waals surface area (Å²) in [5, 5.41) is 12.6. The van der Waals surface area contributed by atoms with Gasteiger partial charge in [-0.2, -0.15) is 0 Å². The Morgan fingerprint density at radius 3 is 2.07 bits per heavy atom. The lowest BCUT2D eigenvalue weighted by Crippen LogP contribution is -2.46. The predicted octanol–water partition coefficient (Wildman–Crippen LogP) is 3.17. The lowest BCUT2D eigenvalue weighted by Gasteiger charge is -2.29. The minimum absolute atomic E-state index is 0.0276. The minimum atomic E-state index is -1.20. The van der Waals surface area contributed by atoms with Crippen LogP contribution in [0.4, 0.5) is 0 Å². The molecular formula is C21H25NO5. The van der Waals surface area contributed by atoms with E-state index in [-0.39, 0.29) is 12.5 Å². The quantitative estimate of drug-likeness (QED) is 0.744. The molecule has 1 unspecified atom stereocenters. The van der Waals surface area contributed by atoms with Crippen molar-refractivity contribution in [2.75, 3.05) is 20.8 Å². The average Bonchev–Trinajstić information content (AvgIpc) is 2.69. The van der Waals surface area contributed by atoms with Gasteiger partial charge in [0.05, 0.1) is 14.2 Å². The number of methoxy groups -OCH3 is 2. The standard InChI is InChI=1S/C21H25NO5/c1-5-21(20(24)25,16-9-7-6-8-10-16)13-22-19(23)15-11-17(26-3)14(2)18(12-15)27-4/h6-12H,5,13H2,1-4H3,(H,22,23)(H,24,25). The van der Waals surface area contributed by atoms with E-state index in [1.54, 1.807) is 43.3 Å². The van der Waals surface area contributed by atoms with Crippen molar-refractivity contribution in [3.05, 3.63) is 59.2 Å². The zero-order valence-electron chi connectivity index (χ0n) is 16.0. The molecule has 2 aromatic rings. The Hall–Kier alpha value is -3.02. The molecule has 0 bridgehead atoms. The molecule has 0 aliphatic rings. The van der Waals surface area contributed by atoms with E-state index >= 15 is 0 Å². The summed E-state index contributed by atoms with van der Waals surface area (Å²) in [6, 6.07) is 12.2. The van der Waals surface area contributed by atoms with Crippen molar-refractivity contribution in [2.45, 2.75) is 25.7 Å². The van der Waals surface area contributed by atoms with Crippen molar-refractivity contribution < 1.29 is 24.2 Å². The Balaban J connectivity index is 2.30. The van der Waals surface area contributed by atoms with E-state index in [0.29, 0.717) is 29.0 Å². The zero-order valence-corrected chi connectivity index (χ0v) is 16.0. The van der Waals surface area contributed by atoms with E-state index in [9.17, 15) is 14.7 Å². The van der Waals surface area contributed by atoms with Crippen molar-refractivity contribution >= 4 is 11.9 Å². The van der Waals surface area contributed by atoms with Crippen LogP contribution in [0.5, 0.6) is 11.5 Å². The summed E-state index contributed by atoms with van der Waals surface area (Å²) < 4.78 is 10.6. The molecule has 27 heavy (non-hydrogen) atoms. The van der Waals surface area contributed by atoms with Crippen LogP contribution in [0.1, 0.15) is 34.8 Å². The van der Waals surface area contributed by atoms with Gasteiger partial charge in [0.1, 0.15) is 16.9 Å². The van der Waals surface area contributed by atoms with Crippen LogP contribution in [0.2, 0.25) is 0 Å². The number of carboxylic acid groups (broad SMARTS) is 1. The largest absolute Gasteiger partial charge is 0.496 e. The molecular weight excluding hydrogens is 346 g/mol. The van der Waals surface area contributed by atoms with Crippen molar-refractivity contribution in [3.63, 3.8) is 0 Å². The number of aliphatic carboxylic acids is 1. The van der Waals surface area contributed by atoms with Crippen molar-refractivity contribution in [3.8, 4) is 11.5 Å². The Kier molecular flexibility index (Phi) is 6.45. The van der Waals surface area contributed by atoms with Crippen molar-refractivity contribution in [2.24, 2.45) is 0 Å². The third kappa shape index (κ3) is 4.05. The SMILES string of the molecule is CCC(CNC(=O)c1cc(OC)c(C)c(OC)c1)(C(=O)O)c1ccccc1. The van der Waals surface area contributed by atoms with Crippen molar-refractivity contribution in [1.29, 1.82) is 0 Å². The first-order valence-corrected chi connectivity index (χ1v) is 8.69. The highest BCUT2D eigenvalue weighted by Crippen LogP contribution is 2.30. The molecule has 0 heterocycles. The second-order valence-corrected chi connectivity index (χ2v) is 6.30. The molecule has 0 saturated carbocycles. The number of nitrogens with one attached hydrogen (secondary N) is 1. The van der Waals surface area contributed by atoms with Gasteiger partial charge in [0.25, 0.3) is 5.91 Å². The Bertz CT molecular complexity index is 794. The molecule has 1 atom stereocenters. The number of rotatable bonds is 8. The molecule has 144 valence electrons. The first-order chi connectivity index (χ1) is 12.9. The molecule has 0 spiro atoms. The maximum Gasteiger partial charge on any atom is 0.315 e. The number of hydrogen-bond acceptors (Lipinski definition) is 4. The minimum Gasteiger partial charge on any atom is -0.496 e. The fourth-order valence-electron chi connectivity index (χ4n) is 3.09. The topological polar surface area (TPSA) is 84.9 Å². The number of amides is 1. The molecule has 0 saturated heterocycles. The van der Waals surface area contributed by atoms with Crippen LogP contribution in [0.15, 0.2) is 42.5 Å². The van der Waals surface area contributed by atoms with Gasteiger partial charge in [-0.15, -0.1) is 0 Å². The summed E-state index contributed by atoms with van der Waals surface area (Å²) in [6.07, 6.45) is 0.340. The number of ether oxygens (including phenoxy) is 2. The van der Waals surface area contributed by atoms with E-state index < -0.39 is 11.4 Å². The molecule has 6 nitrogen and oxygen atoms in total. The number of carbonyl (C=O) groups excluding carboxylic acids is 1. The normalized spacial score (nSPS) is 12.7. The van der Waals surface area contributed by atoms with E-state index in [2.05, 4.69) is 5.32 Å². The Morgan fingerprint density at radius 2 is 1.63 bits per heavy atom. The molecule has 2 aromatic carbocycles. The van der Waals surface area contributed by atoms with E-state index in [1.807, 2.05) is 13.0 Å². The van der Waals surface area contributed by atoms with Gasteiger partial charge in [0.2, 0.25) is 0 Å². The fourth-order valence-corrected chi connectivity index (χ4v) is 3.09. The summed E-state index contributed by atoms with van der Waals surface area (Å²) in [5.74, 6) is -0.303. The fraction of sp³-hybridized carbons (Fsp3) is 0.333. The number of benzene rings is 2. The van der Waals surface area contributed by atoms with E-state index in [0.717, 1.165) is 5.56 Å². The highest BCUT2D eigenvalue weighted by Gasteiger charge is 2.39. The number of hydrogen-bond donors (Lipinski definition) is 2. The summed E-state index contributed by atoms with van der Waals surface area (Å²) in [4.78, 5) is 24.7. The van der Waals surface area contributed by atoms with Crippen LogP contribution >= 0.6 is 0 Å². The zero-order chi connectivity index (χ0) is 20.0. The second-order valence-electron chi connectivity index (χ2n) is 6.30. The highest BCUT2D eigenvalue weighted by atomic mass is 16.5. The average molecular weight is 371 g/mol. The third-order valence-corrected chi connectivity index (χ3v) is 4.90. The maximum absolute atomic E-state index is 12.7. The Labute approximate surface area is 159 Å². The second kappa shape index (κ2) is 8.58. The maximum atomic E-state index is 12.7. The van der Waals surface area contributed by atoms with Gasteiger partial charge < -0.3 is 19.9 Å². The van der Waals surface area contributed by atoms with Crippen molar-refractivity contribution in [1.82, 2.24) is 5.32 Å². The molecule has 1 amide bonds. The highest BCUT2D eigenvalue weighted by molar-refractivity contribution is 5.96. The smallest absolute Gasteiger partial charge is 0.315 e. The van der Waals surface area contributed by atoms with Crippen LogP contribution in [-0.2, 0) is 10.2 Å². The van der Waals surface area contributed by atoms with Gasteiger partial charge in [0.15, 0.2) is 0 Å². The molecule has 2 N–H and O–H groups in total. The van der Waals surface area contributed by atoms with Crippen LogP contribution < -0.4 is 14.8 Å². The summed E-state index contributed by atoms with van der Waals surface area (Å²) in [5.41, 5.74) is 0.585. The van der Waals surface area contributed by atoms with Crippen LogP contribution in [0, 0.1) is 6.92 Å². The first kappa shape index (κ1) is 20.3. The summed E-state index contributed by atoms with van der Waals surface area (Å²) >= 11 is 0. The van der Waals surface area contributed by atoms with Gasteiger partial charge in [-0.3, -0.25) is 9.59 Å². The van der Waals surface area contributed by atoms with Gasteiger partial charge in [0, 0.05) is 17.7 Å². The molecule has 0 aromatic heterocycles. The van der Waals surface area contributed by atoms with E-state index in [1.165, 1.54) is 14.2 Å². The predicted molar refractivity (Wildman–Crippen MR) is 103 cm³/mol. The van der Waals surface area contributed by atoms with E-state index in [4.69, 9.17) is 9.47 Å². The summed E-state index contributed by atoms with van der Waals surface area (Å²) in [6.45, 7) is 3.60. The number of carboxylic acids is 1. The molecule has 0 aliphatic heterocycles. The van der Waals surface area contributed by atoms with Crippen LogP contribution in [0.25, 0.3) is 0 Å². The molecule has 6 heteroatoms. The third-order valence-electron chi connectivity index (χ3n) is 4.90. The summed E-state index contributed by atoms with van der Waals surface area (Å²) in [7, 11) is 3.04. The molecule has 0 radical (unpaired) electrons. The monoisotopic (exact) mass is 371 g/mol. The van der Waals surface area contributed by atoms with Crippen LogP contribution in [0.3, 0.4) is 0 Å². The van der Waals surface area contributed by atoms with Gasteiger partial charge in [-0.25, -0.2) is 0 Å². The molecule has 0 fully saturated rings. The van der Waals surface area contributed by atoms with Gasteiger partial charge in [-0.05, 0) is 31.0 Å². The molecule has 2 rings (SSSR count).